The van der Waals surface area contributed by atoms with Gasteiger partial charge in [-0.15, -0.1) is 5.10 Å². The van der Waals surface area contributed by atoms with Crippen LogP contribution >= 0.6 is 0 Å². The summed E-state index contributed by atoms with van der Waals surface area (Å²) in [6.45, 7) is 0.683. The van der Waals surface area contributed by atoms with Crippen LogP contribution in [0.2, 0.25) is 0 Å². The van der Waals surface area contributed by atoms with E-state index in [1.165, 1.54) is 37.8 Å². The summed E-state index contributed by atoms with van der Waals surface area (Å²) in [5, 5.41) is 22.7. The molecule has 29 heavy (non-hydrogen) atoms. The zero-order chi connectivity index (χ0) is 19.9. The number of amides is 1. The van der Waals surface area contributed by atoms with Crippen molar-refractivity contribution in [1.29, 1.82) is 0 Å². The van der Waals surface area contributed by atoms with Crippen molar-refractivity contribution >= 4 is 23.2 Å². The van der Waals surface area contributed by atoms with Crippen LogP contribution in [-0.4, -0.2) is 32.6 Å². The molecule has 1 heterocycles. The standard InChI is InChI=1S/C21H25N7O/c29-20(24-21-25-27-28-26-21)16-8-6-15(7-9-16)14-22-17-10-12-19(13-11-17)23-18-4-2-1-3-5-18/h6-13,18,22-23H,1-5,14H2,(H2,24,25,26,27,28,29). The number of aromatic nitrogens is 4. The highest BCUT2D eigenvalue weighted by atomic mass is 16.1. The first-order valence-electron chi connectivity index (χ1n) is 10.0. The first kappa shape index (κ1) is 18.9. The van der Waals surface area contributed by atoms with Crippen LogP contribution in [0, 0.1) is 0 Å². The molecule has 1 amide bonds. The predicted molar refractivity (Wildman–Crippen MR) is 113 cm³/mol. The average Bonchev–Trinajstić information content (AvgIpc) is 3.27. The van der Waals surface area contributed by atoms with Gasteiger partial charge in [0.25, 0.3) is 11.9 Å². The molecule has 150 valence electrons. The molecular formula is C21H25N7O. The number of hydrogen-bond donors (Lipinski definition) is 4. The molecule has 1 saturated carbocycles. The number of H-pyrrole nitrogens is 1. The van der Waals surface area contributed by atoms with Crippen LogP contribution in [0.1, 0.15) is 48.0 Å². The Morgan fingerprint density at radius 2 is 1.69 bits per heavy atom. The average molecular weight is 391 g/mol. The van der Waals surface area contributed by atoms with Crippen molar-refractivity contribution in [2.24, 2.45) is 0 Å². The number of tetrazole rings is 1. The minimum absolute atomic E-state index is 0.155. The van der Waals surface area contributed by atoms with Crippen LogP contribution in [0.25, 0.3) is 0 Å². The number of benzene rings is 2. The lowest BCUT2D eigenvalue weighted by Gasteiger charge is -2.24. The molecule has 0 bridgehead atoms. The van der Waals surface area contributed by atoms with Gasteiger partial charge in [-0.05, 0) is 60.0 Å². The quantitative estimate of drug-likeness (QED) is 0.488. The maximum Gasteiger partial charge on any atom is 0.270 e. The molecule has 8 nitrogen and oxygen atoms in total. The number of carbonyl (C=O) groups is 1. The molecule has 2 aromatic carbocycles. The Kier molecular flexibility index (Phi) is 5.99. The third-order valence-corrected chi connectivity index (χ3v) is 5.14. The largest absolute Gasteiger partial charge is 0.382 e. The van der Waals surface area contributed by atoms with Gasteiger partial charge in [-0.25, -0.2) is 0 Å². The van der Waals surface area contributed by atoms with Gasteiger partial charge in [-0.2, -0.15) is 5.21 Å². The minimum atomic E-state index is -0.271. The van der Waals surface area contributed by atoms with E-state index in [0.717, 1.165) is 11.3 Å². The number of aromatic amines is 1. The Hall–Kier alpha value is -3.42. The molecule has 0 saturated heterocycles. The predicted octanol–water partition coefficient (Wildman–Crippen LogP) is 3.81. The molecule has 0 spiro atoms. The Bertz CT molecular complexity index is 901. The smallest absolute Gasteiger partial charge is 0.270 e. The number of anilines is 3. The first-order valence-corrected chi connectivity index (χ1v) is 10.0. The van der Waals surface area contributed by atoms with Crippen molar-refractivity contribution in [3.8, 4) is 0 Å². The molecule has 0 atom stereocenters. The molecule has 0 unspecified atom stereocenters. The van der Waals surface area contributed by atoms with E-state index in [0.29, 0.717) is 18.2 Å². The second-order valence-electron chi connectivity index (χ2n) is 7.30. The molecule has 1 aromatic heterocycles. The molecule has 1 aliphatic rings. The lowest BCUT2D eigenvalue weighted by Crippen LogP contribution is -2.22. The number of nitrogens with one attached hydrogen (secondary N) is 4. The third kappa shape index (κ3) is 5.31. The summed E-state index contributed by atoms with van der Waals surface area (Å²) in [5.41, 5.74) is 3.87. The fourth-order valence-corrected chi connectivity index (χ4v) is 3.53. The van der Waals surface area contributed by atoms with Gasteiger partial charge in [-0.1, -0.05) is 36.5 Å². The highest BCUT2D eigenvalue weighted by Crippen LogP contribution is 2.22. The van der Waals surface area contributed by atoms with Gasteiger partial charge in [0.2, 0.25) is 0 Å². The van der Waals surface area contributed by atoms with E-state index in [2.05, 4.69) is 60.8 Å². The van der Waals surface area contributed by atoms with Crippen LogP contribution in [0.4, 0.5) is 17.3 Å². The molecule has 3 aromatic rings. The van der Waals surface area contributed by atoms with Gasteiger partial charge in [0, 0.05) is 29.5 Å². The number of rotatable bonds is 7. The van der Waals surface area contributed by atoms with Crippen LogP contribution in [-0.2, 0) is 6.54 Å². The summed E-state index contributed by atoms with van der Waals surface area (Å²) >= 11 is 0. The van der Waals surface area contributed by atoms with E-state index in [9.17, 15) is 4.79 Å². The minimum Gasteiger partial charge on any atom is -0.382 e. The SMILES string of the molecule is O=C(Nc1nn[nH]n1)c1ccc(CNc2ccc(NC3CCCCC3)cc2)cc1. The van der Waals surface area contributed by atoms with Crippen molar-refractivity contribution in [3.05, 3.63) is 59.7 Å². The van der Waals surface area contributed by atoms with E-state index in [4.69, 9.17) is 0 Å². The van der Waals surface area contributed by atoms with E-state index in [1.807, 2.05) is 12.1 Å². The van der Waals surface area contributed by atoms with Gasteiger partial charge < -0.3 is 10.6 Å². The molecule has 4 N–H and O–H groups in total. The van der Waals surface area contributed by atoms with Gasteiger partial charge in [0.05, 0.1) is 0 Å². The molecule has 0 aliphatic heterocycles. The molecule has 1 fully saturated rings. The van der Waals surface area contributed by atoms with Crippen molar-refractivity contribution < 1.29 is 4.79 Å². The van der Waals surface area contributed by atoms with Crippen molar-refractivity contribution in [1.82, 2.24) is 20.6 Å². The second kappa shape index (κ2) is 9.18. The fourth-order valence-electron chi connectivity index (χ4n) is 3.53. The van der Waals surface area contributed by atoms with Crippen LogP contribution in [0.5, 0.6) is 0 Å². The van der Waals surface area contributed by atoms with E-state index in [1.54, 1.807) is 12.1 Å². The van der Waals surface area contributed by atoms with Crippen LogP contribution in [0.15, 0.2) is 48.5 Å². The Balaban J connectivity index is 1.26. The van der Waals surface area contributed by atoms with Gasteiger partial charge in [0.1, 0.15) is 0 Å². The van der Waals surface area contributed by atoms with Gasteiger partial charge in [0.15, 0.2) is 0 Å². The van der Waals surface area contributed by atoms with Gasteiger partial charge >= 0.3 is 0 Å². The molecule has 4 rings (SSSR count). The zero-order valence-corrected chi connectivity index (χ0v) is 16.2. The molecule has 1 aliphatic carbocycles. The topological polar surface area (TPSA) is 108 Å². The highest BCUT2D eigenvalue weighted by molar-refractivity contribution is 6.03. The fraction of sp³-hybridized carbons (Fsp3) is 0.333. The first-order chi connectivity index (χ1) is 14.3. The Labute approximate surface area is 169 Å². The van der Waals surface area contributed by atoms with E-state index in [-0.39, 0.29) is 11.9 Å². The maximum atomic E-state index is 12.1. The summed E-state index contributed by atoms with van der Waals surface area (Å²) in [6, 6.07) is 16.5. The second-order valence-corrected chi connectivity index (χ2v) is 7.30. The monoisotopic (exact) mass is 391 g/mol. The summed E-state index contributed by atoms with van der Waals surface area (Å²) in [4.78, 5) is 12.1. The van der Waals surface area contributed by atoms with Crippen molar-refractivity contribution in [2.45, 2.75) is 44.7 Å². The number of hydrogen-bond acceptors (Lipinski definition) is 6. The summed E-state index contributed by atoms with van der Waals surface area (Å²) in [5.74, 6) is -0.117. The lowest BCUT2D eigenvalue weighted by molar-refractivity contribution is 0.102. The van der Waals surface area contributed by atoms with Crippen molar-refractivity contribution in [3.63, 3.8) is 0 Å². The number of nitrogens with zero attached hydrogens (tertiary/aromatic N) is 3. The third-order valence-electron chi connectivity index (χ3n) is 5.14. The summed E-state index contributed by atoms with van der Waals surface area (Å²) in [7, 11) is 0. The summed E-state index contributed by atoms with van der Waals surface area (Å²) in [6.07, 6.45) is 6.56. The highest BCUT2D eigenvalue weighted by Gasteiger charge is 2.12. The van der Waals surface area contributed by atoms with Crippen LogP contribution < -0.4 is 16.0 Å². The zero-order valence-electron chi connectivity index (χ0n) is 16.2. The van der Waals surface area contributed by atoms with E-state index >= 15 is 0 Å². The normalized spacial score (nSPS) is 14.3. The lowest BCUT2D eigenvalue weighted by atomic mass is 9.95. The van der Waals surface area contributed by atoms with Gasteiger partial charge in [-0.3, -0.25) is 10.1 Å². The molecular weight excluding hydrogens is 366 g/mol. The molecule has 8 heteroatoms. The maximum absolute atomic E-state index is 12.1. The Morgan fingerprint density at radius 3 is 2.38 bits per heavy atom. The van der Waals surface area contributed by atoms with E-state index < -0.39 is 0 Å². The number of carbonyl (C=O) groups excluding carboxylic acids is 1. The van der Waals surface area contributed by atoms with Crippen molar-refractivity contribution in [2.75, 3.05) is 16.0 Å². The summed E-state index contributed by atoms with van der Waals surface area (Å²) < 4.78 is 0. The Morgan fingerprint density at radius 1 is 0.966 bits per heavy atom. The van der Waals surface area contributed by atoms with Crippen LogP contribution in [0.3, 0.4) is 0 Å². The molecule has 0 radical (unpaired) electrons.